The standard InChI is InChI=1S/C25H26N2O5S/c1-31-21-11-9-20(23(17-21)32-2)10-13-25(28)27-15-14-18-8-12-22(19-6-4-3-5-7-19)24(16-18)33(26,29)30/h3-13,16-17H,14-15H2,1-2H3,(H,27,28)(H2,26,29,30)/b13-10+. The first-order chi connectivity index (χ1) is 15.8. The lowest BCUT2D eigenvalue weighted by molar-refractivity contribution is -0.116. The highest BCUT2D eigenvalue weighted by Crippen LogP contribution is 2.28. The highest BCUT2D eigenvalue weighted by atomic mass is 32.2. The van der Waals surface area contributed by atoms with Gasteiger partial charge in [-0.25, -0.2) is 13.6 Å². The van der Waals surface area contributed by atoms with Crippen LogP contribution in [-0.4, -0.2) is 35.1 Å². The Morgan fingerprint density at radius 3 is 2.42 bits per heavy atom. The fourth-order valence-electron chi connectivity index (χ4n) is 3.32. The molecule has 0 fully saturated rings. The van der Waals surface area contributed by atoms with Gasteiger partial charge >= 0.3 is 0 Å². The van der Waals surface area contributed by atoms with Crippen LogP contribution in [0.1, 0.15) is 11.1 Å². The number of carbonyl (C=O) groups is 1. The summed E-state index contributed by atoms with van der Waals surface area (Å²) < 4.78 is 34.8. The SMILES string of the molecule is COc1ccc(/C=C/C(=O)NCCc2ccc(-c3ccccc3)c(S(N)(=O)=O)c2)c(OC)c1. The monoisotopic (exact) mass is 466 g/mol. The van der Waals surface area contributed by atoms with Crippen molar-refractivity contribution in [1.82, 2.24) is 5.32 Å². The normalized spacial score (nSPS) is 11.4. The van der Waals surface area contributed by atoms with E-state index in [1.54, 1.807) is 50.6 Å². The third-order valence-corrected chi connectivity index (χ3v) is 5.96. The number of ether oxygens (including phenoxy) is 2. The summed E-state index contributed by atoms with van der Waals surface area (Å²) in [4.78, 5) is 12.3. The Morgan fingerprint density at radius 1 is 1.00 bits per heavy atom. The zero-order valence-corrected chi connectivity index (χ0v) is 19.3. The molecule has 8 heteroatoms. The average molecular weight is 467 g/mol. The Morgan fingerprint density at radius 2 is 1.76 bits per heavy atom. The molecule has 7 nitrogen and oxygen atoms in total. The van der Waals surface area contributed by atoms with E-state index >= 15 is 0 Å². The van der Waals surface area contributed by atoms with Gasteiger partial charge in [-0.15, -0.1) is 0 Å². The van der Waals surface area contributed by atoms with Gasteiger partial charge in [0.1, 0.15) is 11.5 Å². The number of nitrogens with one attached hydrogen (secondary N) is 1. The largest absolute Gasteiger partial charge is 0.497 e. The van der Waals surface area contributed by atoms with Crippen molar-refractivity contribution in [1.29, 1.82) is 0 Å². The topological polar surface area (TPSA) is 108 Å². The van der Waals surface area contributed by atoms with Gasteiger partial charge in [0, 0.05) is 29.8 Å². The molecule has 0 bridgehead atoms. The van der Waals surface area contributed by atoms with Crippen LogP contribution in [0.25, 0.3) is 17.2 Å². The number of hydrogen-bond acceptors (Lipinski definition) is 5. The first-order valence-corrected chi connectivity index (χ1v) is 11.8. The molecule has 3 aromatic carbocycles. The van der Waals surface area contributed by atoms with Crippen LogP contribution in [0.15, 0.2) is 77.7 Å². The van der Waals surface area contributed by atoms with Gasteiger partial charge in [0.15, 0.2) is 0 Å². The van der Waals surface area contributed by atoms with E-state index in [0.29, 0.717) is 30.0 Å². The fourth-order valence-corrected chi connectivity index (χ4v) is 4.13. The maximum absolute atomic E-state index is 12.2. The summed E-state index contributed by atoms with van der Waals surface area (Å²) in [5, 5.41) is 8.25. The number of primary sulfonamides is 1. The van der Waals surface area contributed by atoms with Crippen LogP contribution in [-0.2, 0) is 21.2 Å². The Balaban J connectivity index is 1.66. The molecule has 172 valence electrons. The summed E-state index contributed by atoms with van der Waals surface area (Å²) in [6.07, 6.45) is 3.52. The van der Waals surface area contributed by atoms with E-state index in [4.69, 9.17) is 14.6 Å². The predicted molar refractivity (Wildman–Crippen MR) is 129 cm³/mol. The minimum Gasteiger partial charge on any atom is -0.497 e. The number of rotatable bonds is 9. The lowest BCUT2D eigenvalue weighted by Gasteiger charge is -2.11. The maximum Gasteiger partial charge on any atom is 0.244 e. The van der Waals surface area contributed by atoms with E-state index in [0.717, 1.165) is 16.7 Å². The smallest absolute Gasteiger partial charge is 0.244 e. The highest BCUT2D eigenvalue weighted by molar-refractivity contribution is 7.89. The highest BCUT2D eigenvalue weighted by Gasteiger charge is 2.16. The number of benzene rings is 3. The van der Waals surface area contributed by atoms with Crippen LogP contribution >= 0.6 is 0 Å². The molecule has 1 amide bonds. The van der Waals surface area contributed by atoms with Crippen LogP contribution in [0.4, 0.5) is 0 Å². The molecular formula is C25H26N2O5S. The Labute approximate surface area is 193 Å². The number of carbonyl (C=O) groups excluding carboxylic acids is 1. The van der Waals surface area contributed by atoms with Gasteiger partial charge in [0.25, 0.3) is 0 Å². The van der Waals surface area contributed by atoms with Crippen LogP contribution in [0.2, 0.25) is 0 Å². The second kappa shape index (κ2) is 10.8. The van der Waals surface area contributed by atoms with Gasteiger partial charge in [0.2, 0.25) is 15.9 Å². The van der Waals surface area contributed by atoms with Gasteiger partial charge in [-0.1, -0.05) is 42.5 Å². The van der Waals surface area contributed by atoms with Gasteiger partial charge in [-0.3, -0.25) is 4.79 Å². The molecule has 0 heterocycles. The molecule has 0 atom stereocenters. The number of nitrogens with two attached hydrogens (primary N) is 1. The molecule has 0 aliphatic rings. The van der Waals surface area contributed by atoms with Crippen molar-refractivity contribution in [2.75, 3.05) is 20.8 Å². The van der Waals surface area contributed by atoms with Crippen molar-refractivity contribution in [3.8, 4) is 22.6 Å². The summed E-state index contributed by atoms with van der Waals surface area (Å²) in [5.74, 6) is 0.971. The maximum atomic E-state index is 12.2. The van der Waals surface area contributed by atoms with Crippen LogP contribution in [0.5, 0.6) is 11.5 Å². The molecule has 0 unspecified atom stereocenters. The predicted octanol–water partition coefficient (Wildman–Crippen LogP) is 3.39. The second-order valence-electron chi connectivity index (χ2n) is 7.22. The van der Waals surface area contributed by atoms with Crippen molar-refractivity contribution < 1.29 is 22.7 Å². The van der Waals surface area contributed by atoms with E-state index in [-0.39, 0.29) is 10.8 Å². The molecule has 0 aliphatic heterocycles. The molecule has 0 aromatic heterocycles. The summed E-state index contributed by atoms with van der Waals surface area (Å²) in [5.41, 5.74) is 2.80. The first kappa shape index (κ1) is 24.0. The second-order valence-corrected chi connectivity index (χ2v) is 8.75. The Hall–Kier alpha value is -3.62. The third-order valence-electron chi connectivity index (χ3n) is 5.01. The zero-order valence-electron chi connectivity index (χ0n) is 18.4. The van der Waals surface area contributed by atoms with Crippen molar-refractivity contribution >= 4 is 22.0 Å². The first-order valence-electron chi connectivity index (χ1n) is 10.2. The van der Waals surface area contributed by atoms with E-state index in [1.807, 2.05) is 36.4 Å². The molecule has 0 saturated carbocycles. The lowest BCUT2D eigenvalue weighted by Crippen LogP contribution is -2.23. The molecule has 0 spiro atoms. The quantitative estimate of drug-likeness (QED) is 0.470. The van der Waals surface area contributed by atoms with E-state index in [1.165, 1.54) is 6.08 Å². The molecule has 33 heavy (non-hydrogen) atoms. The van der Waals surface area contributed by atoms with Crippen molar-refractivity contribution in [3.63, 3.8) is 0 Å². The molecule has 3 aromatic rings. The Bertz CT molecular complexity index is 1260. The molecule has 0 radical (unpaired) electrons. The fraction of sp³-hybridized carbons (Fsp3) is 0.160. The molecular weight excluding hydrogens is 440 g/mol. The van der Waals surface area contributed by atoms with Gasteiger partial charge in [0.05, 0.1) is 19.1 Å². The number of hydrogen-bond donors (Lipinski definition) is 2. The molecule has 3 rings (SSSR count). The van der Waals surface area contributed by atoms with Crippen LogP contribution < -0.4 is 19.9 Å². The minimum absolute atomic E-state index is 0.0593. The van der Waals surface area contributed by atoms with Gasteiger partial charge in [-0.05, 0) is 41.8 Å². The summed E-state index contributed by atoms with van der Waals surface area (Å²) in [7, 11) is -0.801. The zero-order chi connectivity index (χ0) is 23.8. The minimum atomic E-state index is -3.92. The van der Waals surface area contributed by atoms with Crippen molar-refractivity contribution in [2.45, 2.75) is 11.3 Å². The third kappa shape index (κ3) is 6.44. The summed E-state index contributed by atoms with van der Waals surface area (Å²) >= 11 is 0. The number of sulfonamides is 1. The van der Waals surface area contributed by atoms with Crippen LogP contribution in [0, 0.1) is 0 Å². The molecule has 0 saturated heterocycles. The van der Waals surface area contributed by atoms with Gasteiger partial charge in [-0.2, -0.15) is 0 Å². The Kier molecular flexibility index (Phi) is 7.87. The van der Waals surface area contributed by atoms with Crippen molar-refractivity contribution in [3.05, 3.63) is 83.9 Å². The summed E-state index contributed by atoms with van der Waals surface area (Å²) in [6.45, 7) is 0.331. The number of amides is 1. The van der Waals surface area contributed by atoms with E-state index in [9.17, 15) is 13.2 Å². The molecule has 0 aliphatic carbocycles. The number of methoxy groups -OCH3 is 2. The van der Waals surface area contributed by atoms with Crippen LogP contribution in [0.3, 0.4) is 0 Å². The summed E-state index contributed by atoms with van der Waals surface area (Å²) in [6, 6.07) is 19.6. The average Bonchev–Trinajstić information content (AvgIpc) is 2.82. The van der Waals surface area contributed by atoms with Crippen molar-refractivity contribution in [2.24, 2.45) is 5.14 Å². The molecule has 3 N–H and O–H groups in total. The lowest BCUT2D eigenvalue weighted by atomic mass is 10.0. The van der Waals surface area contributed by atoms with E-state index < -0.39 is 10.0 Å². The van der Waals surface area contributed by atoms with Gasteiger partial charge < -0.3 is 14.8 Å². The van der Waals surface area contributed by atoms with E-state index in [2.05, 4.69) is 5.32 Å².